The van der Waals surface area contributed by atoms with Crippen LogP contribution in [-0.4, -0.2) is 6.04 Å². The zero-order valence-electron chi connectivity index (χ0n) is 8.58. The van der Waals surface area contributed by atoms with E-state index < -0.39 is 0 Å². The Morgan fingerprint density at radius 2 is 1.77 bits per heavy atom. The molecule has 0 saturated heterocycles. The lowest BCUT2D eigenvalue weighted by Gasteiger charge is -2.44. The molecule has 0 heterocycles. The molecule has 3 aliphatic rings. The number of fused-ring (bicyclic) bond motifs is 2. The molecule has 6 atom stereocenters. The molecule has 0 aromatic rings. The van der Waals surface area contributed by atoms with E-state index in [1.165, 1.54) is 25.7 Å². The highest BCUT2D eigenvalue weighted by Crippen LogP contribution is 2.58. The van der Waals surface area contributed by atoms with Crippen LogP contribution in [0.5, 0.6) is 0 Å². The van der Waals surface area contributed by atoms with Crippen LogP contribution in [0.2, 0.25) is 0 Å². The van der Waals surface area contributed by atoms with Gasteiger partial charge in [0.15, 0.2) is 0 Å². The van der Waals surface area contributed by atoms with Gasteiger partial charge in [0.2, 0.25) is 0 Å². The minimum absolute atomic E-state index is 0.455. The van der Waals surface area contributed by atoms with Crippen LogP contribution in [0.1, 0.15) is 39.0 Å². The molecule has 3 bridgehead atoms. The molecular weight excluding hydrogens is 158 g/mol. The first-order valence-electron chi connectivity index (χ1n) is 6.01. The highest BCUT2D eigenvalue weighted by molar-refractivity contribution is 5.01. The van der Waals surface area contributed by atoms with E-state index in [4.69, 9.17) is 5.73 Å². The summed E-state index contributed by atoms with van der Waals surface area (Å²) in [5.74, 6) is 5.08. The Morgan fingerprint density at radius 3 is 2.54 bits per heavy atom. The minimum atomic E-state index is 0.455. The summed E-state index contributed by atoms with van der Waals surface area (Å²) in [5.41, 5.74) is 6.14. The molecule has 3 fully saturated rings. The zero-order chi connectivity index (χ0) is 9.00. The normalized spacial score (nSPS) is 55.4. The van der Waals surface area contributed by atoms with E-state index >= 15 is 0 Å². The average Bonchev–Trinajstić information content (AvgIpc) is 2.27. The highest BCUT2D eigenvalue weighted by atomic mass is 14.7. The SMILES string of the molecule is C[C@H](N)[C@H]1[C@@H]2CC[C@H]3C[C@H](C2)C[C@H]31. The van der Waals surface area contributed by atoms with Gasteiger partial charge < -0.3 is 5.73 Å². The maximum absolute atomic E-state index is 6.14. The van der Waals surface area contributed by atoms with Crippen molar-refractivity contribution >= 4 is 0 Å². The predicted molar refractivity (Wildman–Crippen MR) is 54.2 cm³/mol. The molecule has 2 N–H and O–H groups in total. The van der Waals surface area contributed by atoms with Gasteiger partial charge in [-0.15, -0.1) is 0 Å². The van der Waals surface area contributed by atoms with Gasteiger partial charge >= 0.3 is 0 Å². The summed E-state index contributed by atoms with van der Waals surface area (Å²) in [6.45, 7) is 2.23. The van der Waals surface area contributed by atoms with Crippen LogP contribution >= 0.6 is 0 Å². The van der Waals surface area contributed by atoms with E-state index in [0.717, 1.165) is 29.6 Å². The van der Waals surface area contributed by atoms with E-state index in [1.807, 2.05) is 0 Å². The van der Waals surface area contributed by atoms with Crippen molar-refractivity contribution in [1.82, 2.24) is 0 Å². The van der Waals surface area contributed by atoms with Crippen LogP contribution in [0.4, 0.5) is 0 Å². The van der Waals surface area contributed by atoms with E-state index in [2.05, 4.69) is 6.92 Å². The third-order valence-corrected chi connectivity index (χ3v) is 5.04. The van der Waals surface area contributed by atoms with Crippen molar-refractivity contribution in [3.8, 4) is 0 Å². The average molecular weight is 179 g/mol. The predicted octanol–water partition coefficient (Wildman–Crippen LogP) is 2.41. The Morgan fingerprint density at radius 1 is 1.08 bits per heavy atom. The fourth-order valence-corrected chi connectivity index (χ4v) is 4.76. The first kappa shape index (κ1) is 8.28. The van der Waals surface area contributed by atoms with Crippen LogP contribution < -0.4 is 5.73 Å². The second-order valence-corrected chi connectivity index (χ2v) is 5.77. The van der Waals surface area contributed by atoms with Crippen molar-refractivity contribution in [3.05, 3.63) is 0 Å². The van der Waals surface area contributed by atoms with Crippen molar-refractivity contribution in [1.29, 1.82) is 0 Å². The molecule has 3 saturated carbocycles. The van der Waals surface area contributed by atoms with Gasteiger partial charge in [0.25, 0.3) is 0 Å². The lowest BCUT2D eigenvalue weighted by Crippen LogP contribution is -2.43. The Bertz CT molecular complexity index is 211. The van der Waals surface area contributed by atoms with E-state index in [-0.39, 0.29) is 0 Å². The molecule has 74 valence electrons. The molecule has 0 unspecified atom stereocenters. The Balaban J connectivity index is 1.90. The monoisotopic (exact) mass is 179 g/mol. The third-order valence-electron chi connectivity index (χ3n) is 5.04. The highest BCUT2D eigenvalue weighted by Gasteiger charge is 2.50. The summed E-state index contributed by atoms with van der Waals surface area (Å²) in [6, 6.07) is 0.455. The second-order valence-electron chi connectivity index (χ2n) is 5.77. The second kappa shape index (κ2) is 2.73. The van der Waals surface area contributed by atoms with Gasteiger partial charge in [-0.05, 0) is 68.6 Å². The summed E-state index contributed by atoms with van der Waals surface area (Å²) in [5, 5.41) is 0. The van der Waals surface area contributed by atoms with Crippen molar-refractivity contribution < 1.29 is 0 Å². The van der Waals surface area contributed by atoms with Crippen LogP contribution in [0, 0.1) is 29.6 Å². The molecule has 1 nitrogen and oxygen atoms in total. The maximum Gasteiger partial charge on any atom is 0.00441 e. The number of rotatable bonds is 1. The van der Waals surface area contributed by atoms with Gasteiger partial charge in [-0.2, -0.15) is 0 Å². The van der Waals surface area contributed by atoms with Gasteiger partial charge in [0.05, 0.1) is 0 Å². The van der Waals surface area contributed by atoms with Gasteiger partial charge in [-0.1, -0.05) is 0 Å². The molecule has 3 rings (SSSR count). The van der Waals surface area contributed by atoms with Crippen molar-refractivity contribution in [2.24, 2.45) is 35.3 Å². The summed E-state index contributed by atoms with van der Waals surface area (Å²) in [4.78, 5) is 0. The van der Waals surface area contributed by atoms with Crippen molar-refractivity contribution in [3.63, 3.8) is 0 Å². The molecule has 0 spiro atoms. The molecule has 13 heavy (non-hydrogen) atoms. The molecule has 0 aromatic carbocycles. The third kappa shape index (κ3) is 1.09. The van der Waals surface area contributed by atoms with Gasteiger partial charge in [0, 0.05) is 6.04 Å². The van der Waals surface area contributed by atoms with E-state index in [9.17, 15) is 0 Å². The largest absolute Gasteiger partial charge is 0.328 e. The molecular formula is C12H21N. The zero-order valence-corrected chi connectivity index (χ0v) is 8.58. The molecule has 0 radical (unpaired) electrons. The number of hydrogen-bond donors (Lipinski definition) is 1. The maximum atomic E-state index is 6.14. The molecule has 0 amide bonds. The van der Waals surface area contributed by atoms with Crippen molar-refractivity contribution in [2.45, 2.75) is 45.1 Å². The Hall–Kier alpha value is -0.0400. The van der Waals surface area contributed by atoms with Crippen LogP contribution in [0.15, 0.2) is 0 Å². The first-order valence-corrected chi connectivity index (χ1v) is 6.01. The molecule has 0 aliphatic heterocycles. The lowest BCUT2D eigenvalue weighted by molar-refractivity contribution is 0.0663. The first-order chi connectivity index (χ1) is 6.25. The number of nitrogens with two attached hydrogens (primary N) is 1. The minimum Gasteiger partial charge on any atom is -0.328 e. The summed E-state index contributed by atoms with van der Waals surface area (Å²) in [6.07, 6.45) is 7.59. The number of hydrogen-bond acceptors (Lipinski definition) is 1. The molecule has 3 aliphatic carbocycles. The summed E-state index contributed by atoms with van der Waals surface area (Å²) in [7, 11) is 0. The standard InChI is InChI=1S/C12H21N/c1-7(13)12-10-3-2-9-4-8(5-10)6-11(9)12/h7-12H,2-6,13H2,1H3/t7-,8+,9-,10+,11+,12-/m0/s1. The molecule has 0 aromatic heterocycles. The van der Waals surface area contributed by atoms with Crippen LogP contribution in [0.3, 0.4) is 0 Å². The van der Waals surface area contributed by atoms with Crippen molar-refractivity contribution in [2.75, 3.05) is 0 Å². The van der Waals surface area contributed by atoms with E-state index in [1.54, 1.807) is 6.42 Å². The Labute approximate surface area is 81.1 Å². The summed E-state index contributed by atoms with van der Waals surface area (Å²) < 4.78 is 0. The molecule has 1 heteroatoms. The Kier molecular flexibility index (Phi) is 1.74. The van der Waals surface area contributed by atoms with Crippen LogP contribution in [0.25, 0.3) is 0 Å². The fourth-order valence-electron chi connectivity index (χ4n) is 4.76. The van der Waals surface area contributed by atoms with E-state index in [0.29, 0.717) is 6.04 Å². The van der Waals surface area contributed by atoms with Gasteiger partial charge in [-0.3, -0.25) is 0 Å². The van der Waals surface area contributed by atoms with Gasteiger partial charge in [-0.25, -0.2) is 0 Å². The van der Waals surface area contributed by atoms with Crippen LogP contribution in [-0.2, 0) is 0 Å². The fraction of sp³-hybridized carbons (Fsp3) is 1.00. The quantitative estimate of drug-likeness (QED) is 0.657. The summed E-state index contributed by atoms with van der Waals surface area (Å²) >= 11 is 0. The smallest absolute Gasteiger partial charge is 0.00441 e. The van der Waals surface area contributed by atoms with Gasteiger partial charge in [0.1, 0.15) is 0 Å². The topological polar surface area (TPSA) is 26.0 Å². The lowest BCUT2D eigenvalue weighted by atomic mass is 9.62.